The third-order valence-corrected chi connectivity index (χ3v) is 0. The molecule has 0 rings (SSSR count). The van der Waals surface area contributed by atoms with Crippen molar-refractivity contribution in [3.8, 4) is 0 Å². The van der Waals surface area contributed by atoms with Crippen LogP contribution >= 0.6 is 0 Å². The smallest absolute Gasteiger partial charge is 0.264 e. The van der Waals surface area contributed by atoms with Crippen LogP contribution in [0, 0.1) is 0 Å². The molecule has 0 aromatic rings. The van der Waals surface area contributed by atoms with Gasteiger partial charge in [-0.3, -0.25) is 27.3 Å². The standard InChI is InChI=1S/2Fe.3H2O4S/c;;3*1-5(2,3)4/h;;3*(H2,1,2,3,4). The Hall–Kier alpha value is 0.649. The third-order valence-electron chi connectivity index (χ3n) is 0. The van der Waals surface area contributed by atoms with Crippen molar-refractivity contribution >= 4 is 31.2 Å². The molecule has 112 valence electrons. The Morgan fingerprint density at radius 2 is 0.412 bits per heavy atom. The predicted octanol–water partition coefficient (Wildman–Crippen LogP) is -1.96. The van der Waals surface area contributed by atoms with Gasteiger partial charge in [0.1, 0.15) is 0 Å². The first-order valence-electron chi connectivity index (χ1n) is 2.10. The molecule has 0 saturated heterocycles. The Labute approximate surface area is 117 Å². The first kappa shape index (κ1) is 30.6. The zero-order chi connectivity index (χ0) is 13.5. The van der Waals surface area contributed by atoms with Crippen LogP contribution in [-0.2, 0) is 65.3 Å². The van der Waals surface area contributed by atoms with Crippen LogP contribution in [0.4, 0.5) is 0 Å². The van der Waals surface area contributed by atoms with Gasteiger partial charge >= 0.3 is 31.2 Å². The first-order valence-corrected chi connectivity index (χ1v) is 6.29. The Bertz CT molecular complexity index is 341. The van der Waals surface area contributed by atoms with E-state index in [4.69, 9.17) is 52.6 Å². The molecule has 0 bridgehead atoms. The van der Waals surface area contributed by atoms with E-state index in [0.717, 1.165) is 0 Å². The Balaban J connectivity index is -0.0000000400. The Kier molecular flexibility index (Phi) is 21.1. The van der Waals surface area contributed by atoms with Crippen molar-refractivity contribution in [1.82, 2.24) is 0 Å². The van der Waals surface area contributed by atoms with E-state index in [2.05, 4.69) is 0 Å². The maximum absolute atomic E-state index is 8.74. The Morgan fingerprint density at radius 3 is 0.412 bits per heavy atom. The molecule has 0 radical (unpaired) electrons. The quantitative estimate of drug-likeness (QED) is 0.190. The summed E-state index contributed by atoms with van der Waals surface area (Å²) in [4.78, 5) is 0. The van der Waals surface area contributed by atoms with Crippen molar-refractivity contribution in [2.24, 2.45) is 0 Å². The van der Waals surface area contributed by atoms with E-state index in [1.54, 1.807) is 0 Å². The van der Waals surface area contributed by atoms with Crippen LogP contribution < -0.4 is 0 Å². The molecule has 6 N–H and O–H groups in total. The monoisotopic (exact) mass is 406 g/mol. The average Bonchev–Trinajstić information content (AvgIpc) is 1.41. The zero-order valence-corrected chi connectivity index (χ0v) is 11.7. The van der Waals surface area contributed by atoms with Crippen molar-refractivity contribution in [2.75, 3.05) is 0 Å². The molecule has 0 unspecified atom stereocenters. The molecule has 0 atom stereocenters. The van der Waals surface area contributed by atoms with Crippen LogP contribution in [0.3, 0.4) is 0 Å². The first-order chi connectivity index (χ1) is 6.00. The summed E-state index contributed by atoms with van der Waals surface area (Å²) in [6.07, 6.45) is 0. The van der Waals surface area contributed by atoms with E-state index in [1.165, 1.54) is 0 Å². The van der Waals surface area contributed by atoms with E-state index in [-0.39, 0.29) is 34.1 Å². The van der Waals surface area contributed by atoms with Crippen molar-refractivity contribution in [3.63, 3.8) is 0 Å². The SMILES string of the molecule is O=S(=O)(O)O.O=S(=O)(O)O.O=S(=O)(O)O.[Fe].[Fe]. The molecule has 0 saturated carbocycles. The molecular formula is H6Fe2O12S3. The van der Waals surface area contributed by atoms with Gasteiger partial charge in [-0.2, -0.15) is 25.3 Å². The van der Waals surface area contributed by atoms with E-state index in [0.29, 0.717) is 0 Å². The predicted molar refractivity (Wildman–Crippen MR) is 42.5 cm³/mol. The summed E-state index contributed by atoms with van der Waals surface area (Å²) in [7, 11) is -14.0. The van der Waals surface area contributed by atoms with Crippen LogP contribution in [-0.4, -0.2) is 52.6 Å². The molecule has 0 aliphatic rings. The largest absolute Gasteiger partial charge is 0.394 e. The summed E-state index contributed by atoms with van der Waals surface area (Å²) in [6.45, 7) is 0. The van der Waals surface area contributed by atoms with Crippen molar-refractivity contribution in [2.45, 2.75) is 0 Å². The zero-order valence-electron chi connectivity index (χ0n) is 7.06. The second-order valence-electron chi connectivity index (χ2n) is 1.34. The van der Waals surface area contributed by atoms with Gasteiger partial charge in [0.2, 0.25) is 0 Å². The molecular weight excluding hydrogens is 400 g/mol. The normalized spacial score (nSPS) is 10.2. The van der Waals surface area contributed by atoms with E-state index in [1.807, 2.05) is 0 Å². The second-order valence-corrected chi connectivity index (χ2v) is 4.03. The molecule has 0 aliphatic carbocycles. The van der Waals surface area contributed by atoms with Crippen LogP contribution in [0.1, 0.15) is 0 Å². The number of hydrogen-bond donors (Lipinski definition) is 6. The van der Waals surface area contributed by atoms with Crippen LogP contribution in [0.15, 0.2) is 0 Å². The van der Waals surface area contributed by atoms with Gasteiger partial charge in [0.25, 0.3) is 0 Å². The average molecular weight is 406 g/mol. The summed E-state index contributed by atoms with van der Waals surface area (Å²) in [6, 6.07) is 0. The maximum atomic E-state index is 8.74. The summed E-state index contributed by atoms with van der Waals surface area (Å²) >= 11 is 0. The minimum atomic E-state index is -4.67. The summed E-state index contributed by atoms with van der Waals surface area (Å²) < 4.78 is 94.8. The molecule has 0 aromatic heterocycles. The molecule has 0 amide bonds. The molecule has 0 fully saturated rings. The van der Waals surface area contributed by atoms with Crippen LogP contribution in [0.25, 0.3) is 0 Å². The summed E-state index contributed by atoms with van der Waals surface area (Å²) in [5.74, 6) is 0. The minimum Gasteiger partial charge on any atom is -0.264 e. The fraction of sp³-hybridized carbons (Fsp3) is 0. The fourth-order valence-electron chi connectivity index (χ4n) is 0. The van der Waals surface area contributed by atoms with Gasteiger partial charge in [0.15, 0.2) is 0 Å². The molecule has 0 heterocycles. The Morgan fingerprint density at radius 1 is 0.412 bits per heavy atom. The van der Waals surface area contributed by atoms with Crippen LogP contribution in [0.2, 0.25) is 0 Å². The topological polar surface area (TPSA) is 224 Å². The van der Waals surface area contributed by atoms with Gasteiger partial charge in [-0.15, -0.1) is 0 Å². The number of rotatable bonds is 0. The van der Waals surface area contributed by atoms with E-state index >= 15 is 0 Å². The minimum absolute atomic E-state index is 0. The van der Waals surface area contributed by atoms with Gasteiger partial charge in [-0.25, -0.2) is 0 Å². The van der Waals surface area contributed by atoms with Gasteiger partial charge in [0, 0.05) is 34.1 Å². The fourth-order valence-corrected chi connectivity index (χ4v) is 0. The van der Waals surface area contributed by atoms with Crippen molar-refractivity contribution in [1.29, 1.82) is 0 Å². The van der Waals surface area contributed by atoms with Crippen LogP contribution in [0.5, 0.6) is 0 Å². The molecule has 0 spiro atoms. The van der Waals surface area contributed by atoms with Gasteiger partial charge in [-0.1, -0.05) is 0 Å². The van der Waals surface area contributed by atoms with Crippen molar-refractivity contribution in [3.05, 3.63) is 0 Å². The number of hydrogen-bond acceptors (Lipinski definition) is 6. The van der Waals surface area contributed by atoms with E-state index < -0.39 is 31.2 Å². The summed E-state index contributed by atoms with van der Waals surface area (Å²) in [5, 5.41) is 0. The van der Waals surface area contributed by atoms with Gasteiger partial charge < -0.3 is 0 Å². The molecule has 17 heteroatoms. The molecule has 17 heavy (non-hydrogen) atoms. The molecule has 12 nitrogen and oxygen atoms in total. The molecule has 0 aromatic carbocycles. The third kappa shape index (κ3) is 8480. The maximum Gasteiger partial charge on any atom is 0.394 e. The van der Waals surface area contributed by atoms with Gasteiger partial charge in [0.05, 0.1) is 0 Å². The van der Waals surface area contributed by atoms with E-state index in [9.17, 15) is 0 Å². The molecule has 0 aliphatic heterocycles. The second kappa shape index (κ2) is 11.7. The van der Waals surface area contributed by atoms with Crippen molar-refractivity contribution < 1.29 is 86.7 Å². The summed E-state index contributed by atoms with van der Waals surface area (Å²) in [5.41, 5.74) is 0. The van der Waals surface area contributed by atoms with Gasteiger partial charge in [-0.05, 0) is 0 Å².